The van der Waals surface area contributed by atoms with Gasteiger partial charge < -0.3 is 5.73 Å². The van der Waals surface area contributed by atoms with Crippen molar-refractivity contribution in [1.82, 2.24) is 4.90 Å². The van der Waals surface area contributed by atoms with E-state index in [1.54, 1.807) is 0 Å². The number of hydrogen-bond acceptors (Lipinski definition) is 2. The first-order valence-corrected chi connectivity index (χ1v) is 6.65. The van der Waals surface area contributed by atoms with Gasteiger partial charge in [0.05, 0.1) is 10.0 Å². The Labute approximate surface area is 114 Å². The van der Waals surface area contributed by atoms with Gasteiger partial charge >= 0.3 is 0 Å². The van der Waals surface area contributed by atoms with Crippen LogP contribution in [0.4, 0.5) is 0 Å². The lowest BCUT2D eigenvalue weighted by molar-refractivity contribution is 0.242. The minimum Gasteiger partial charge on any atom is -0.329 e. The molecule has 0 saturated heterocycles. The van der Waals surface area contributed by atoms with E-state index in [-0.39, 0.29) is 0 Å². The Morgan fingerprint density at radius 3 is 2.47 bits per heavy atom. The average Bonchev–Trinajstić information content (AvgIpc) is 2.23. The van der Waals surface area contributed by atoms with Crippen molar-refractivity contribution < 1.29 is 0 Å². The van der Waals surface area contributed by atoms with Crippen molar-refractivity contribution in [3.63, 3.8) is 0 Å². The van der Waals surface area contributed by atoms with Crippen LogP contribution in [0.1, 0.15) is 19.4 Å². The van der Waals surface area contributed by atoms with Crippen LogP contribution in [0.25, 0.3) is 0 Å². The van der Waals surface area contributed by atoms with E-state index in [2.05, 4.69) is 18.7 Å². The standard InChI is InChI=1S/C13H20Cl2N2/c1-10(2)8-17(6-5-16)9-11-3-4-12(14)13(15)7-11/h3-4,7,10H,5-6,8-9,16H2,1-2H3. The molecule has 4 heteroatoms. The number of benzene rings is 1. The molecule has 0 radical (unpaired) electrons. The molecule has 0 aliphatic rings. The highest BCUT2D eigenvalue weighted by atomic mass is 35.5. The van der Waals surface area contributed by atoms with Crippen LogP contribution in [-0.2, 0) is 6.54 Å². The molecule has 1 aromatic carbocycles. The Kier molecular flexibility index (Phi) is 6.28. The van der Waals surface area contributed by atoms with Crippen molar-refractivity contribution in [2.45, 2.75) is 20.4 Å². The first-order valence-electron chi connectivity index (χ1n) is 5.89. The van der Waals surface area contributed by atoms with E-state index in [0.717, 1.165) is 19.6 Å². The fourth-order valence-electron chi connectivity index (χ4n) is 1.83. The molecule has 0 aliphatic carbocycles. The molecule has 17 heavy (non-hydrogen) atoms. The fraction of sp³-hybridized carbons (Fsp3) is 0.538. The van der Waals surface area contributed by atoms with Crippen LogP contribution in [0.15, 0.2) is 18.2 Å². The second kappa shape index (κ2) is 7.22. The van der Waals surface area contributed by atoms with E-state index in [9.17, 15) is 0 Å². The van der Waals surface area contributed by atoms with E-state index in [4.69, 9.17) is 28.9 Å². The van der Waals surface area contributed by atoms with Gasteiger partial charge in [-0.2, -0.15) is 0 Å². The molecule has 0 fully saturated rings. The smallest absolute Gasteiger partial charge is 0.0595 e. The Morgan fingerprint density at radius 1 is 1.24 bits per heavy atom. The van der Waals surface area contributed by atoms with Crippen molar-refractivity contribution in [2.75, 3.05) is 19.6 Å². The summed E-state index contributed by atoms with van der Waals surface area (Å²) in [5, 5.41) is 1.21. The average molecular weight is 275 g/mol. The Morgan fingerprint density at radius 2 is 1.94 bits per heavy atom. The first kappa shape index (κ1) is 14.8. The van der Waals surface area contributed by atoms with E-state index < -0.39 is 0 Å². The number of rotatable bonds is 6. The quantitative estimate of drug-likeness (QED) is 0.862. The minimum absolute atomic E-state index is 0.602. The van der Waals surface area contributed by atoms with Gasteiger partial charge in [0.15, 0.2) is 0 Å². The topological polar surface area (TPSA) is 29.3 Å². The summed E-state index contributed by atoms with van der Waals surface area (Å²) in [7, 11) is 0. The maximum atomic E-state index is 6.00. The van der Waals surface area contributed by atoms with Crippen LogP contribution in [0.3, 0.4) is 0 Å². The highest BCUT2D eigenvalue weighted by Gasteiger charge is 2.08. The molecule has 0 aliphatic heterocycles. The van der Waals surface area contributed by atoms with Crippen molar-refractivity contribution >= 4 is 23.2 Å². The fourth-order valence-corrected chi connectivity index (χ4v) is 2.15. The van der Waals surface area contributed by atoms with E-state index >= 15 is 0 Å². The first-order chi connectivity index (χ1) is 8.02. The molecule has 0 aromatic heterocycles. The minimum atomic E-state index is 0.602. The lowest BCUT2D eigenvalue weighted by atomic mass is 10.1. The maximum absolute atomic E-state index is 6.00. The SMILES string of the molecule is CC(C)CN(CCN)Cc1ccc(Cl)c(Cl)c1. The van der Waals surface area contributed by atoms with Crippen molar-refractivity contribution in [3.05, 3.63) is 33.8 Å². The zero-order valence-electron chi connectivity index (χ0n) is 10.4. The molecule has 1 rings (SSSR count). The largest absolute Gasteiger partial charge is 0.329 e. The van der Waals surface area contributed by atoms with Crippen LogP contribution in [0.5, 0.6) is 0 Å². The zero-order valence-corrected chi connectivity index (χ0v) is 11.9. The summed E-state index contributed by atoms with van der Waals surface area (Å²) in [4.78, 5) is 2.34. The predicted molar refractivity (Wildman–Crippen MR) is 75.6 cm³/mol. The second-order valence-corrected chi connectivity index (χ2v) is 5.48. The van der Waals surface area contributed by atoms with Gasteiger partial charge in [-0.05, 0) is 23.6 Å². The van der Waals surface area contributed by atoms with Gasteiger partial charge in [-0.25, -0.2) is 0 Å². The summed E-state index contributed by atoms with van der Waals surface area (Å²) in [5.74, 6) is 0.629. The molecule has 0 amide bonds. The summed E-state index contributed by atoms with van der Waals surface area (Å²) >= 11 is 11.9. The molecule has 0 saturated carbocycles. The van der Waals surface area contributed by atoms with Crippen LogP contribution < -0.4 is 5.73 Å². The highest BCUT2D eigenvalue weighted by molar-refractivity contribution is 6.42. The third kappa shape index (κ3) is 5.26. The van der Waals surface area contributed by atoms with Crippen molar-refractivity contribution in [1.29, 1.82) is 0 Å². The van der Waals surface area contributed by atoms with Gasteiger partial charge in [-0.3, -0.25) is 4.90 Å². The Balaban J connectivity index is 2.67. The molecule has 0 heterocycles. The van der Waals surface area contributed by atoms with E-state index in [1.165, 1.54) is 5.56 Å². The maximum Gasteiger partial charge on any atom is 0.0595 e. The van der Waals surface area contributed by atoms with Gasteiger partial charge in [0.25, 0.3) is 0 Å². The van der Waals surface area contributed by atoms with Crippen LogP contribution in [0.2, 0.25) is 10.0 Å². The van der Waals surface area contributed by atoms with Gasteiger partial charge in [-0.1, -0.05) is 43.1 Å². The molecule has 0 unspecified atom stereocenters. The molecule has 0 bridgehead atoms. The molecule has 2 nitrogen and oxygen atoms in total. The van der Waals surface area contributed by atoms with Gasteiger partial charge in [0, 0.05) is 26.2 Å². The Bertz CT molecular complexity index is 353. The lowest BCUT2D eigenvalue weighted by Gasteiger charge is -2.23. The molecule has 2 N–H and O–H groups in total. The number of hydrogen-bond donors (Lipinski definition) is 1. The number of halogens is 2. The molecular weight excluding hydrogens is 255 g/mol. The third-order valence-corrected chi connectivity index (χ3v) is 3.20. The summed E-state index contributed by atoms with van der Waals surface area (Å²) < 4.78 is 0. The van der Waals surface area contributed by atoms with E-state index in [1.807, 2.05) is 18.2 Å². The molecule has 96 valence electrons. The van der Waals surface area contributed by atoms with E-state index in [0.29, 0.717) is 22.5 Å². The summed E-state index contributed by atoms with van der Waals surface area (Å²) in [6.45, 7) is 7.90. The number of nitrogens with two attached hydrogens (primary N) is 1. The van der Waals surface area contributed by atoms with Crippen LogP contribution >= 0.6 is 23.2 Å². The normalized spacial score (nSPS) is 11.5. The second-order valence-electron chi connectivity index (χ2n) is 4.67. The lowest BCUT2D eigenvalue weighted by Crippen LogP contribution is -2.32. The van der Waals surface area contributed by atoms with Crippen LogP contribution in [0, 0.1) is 5.92 Å². The highest BCUT2D eigenvalue weighted by Crippen LogP contribution is 2.23. The number of nitrogens with zero attached hydrogens (tertiary/aromatic N) is 1. The van der Waals surface area contributed by atoms with Gasteiger partial charge in [0.1, 0.15) is 0 Å². The van der Waals surface area contributed by atoms with Gasteiger partial charge in [0.2, 0.25) is 0 Å². The summed E-state index contributed by atoms with van der Waals surface area (Å²) in [5.41, 5.74) is 6.80. The molecule has 0 atom stereocenters. The summed E-state index contributed by atoms with van der Waals surface area (Å²) in [6.07, 6.45) is 0. The third-order valence-electron chi connectivity index (χ3n) is 2.46. The van der Waals surface area contributed by atoms with Crippen LogP contribution in [-0.4, -0.2) is 24.5 Å². The van der Waals surface area contributed by atoms with Gasteiger partial charge in [-0.15, -0.1) is 0 Å². The molecule has 0 spiro atoms. The van der Waals surface area contributed by atoms with Crippen molar-refractivity contribution in [3.8, 4) is 0 Å². The monoisotopic (exact) mass is 274 g/mol. The molecular formula is C13H20Cl2N2. The zero-order chi connectivity index (χ0) is 12.8. The Hall–Kier alpha value is -0.280. The molecule has 1 aromatic rings. The van der Waals surface area contributed by atoms with Crippen molar-refractivity contribution in [2.24, 2.45) is 11.7 Å². The summed E-state index contributed by atoms with van der Waals surface area (Å²) in [6, 6.07) is 5.78. The predicted octanol–water partition coefficient (Wildman–Crippen LogP) is 3.41.